The van der Waals surface area contributed by atoms with Gasteiger partial charge in [-0.05, 0) is 25.7 Å². The van der Waals surface area contributed by atoms with E-state index in [1.165, 1.54) is 0 Å². The number of nitrogens with two attached hydrogens (primary N) is 1. The molecule has 2 heterocycles. The molecular formula is C9H14Br2N2O. The van der Waals surface area contributed by atoms with Crippen molar-refractivity contribution in [3.8, 4) is 0 Å². The van der Waals surface area contributed by atoms with Gasteiger partial charge in [-0.3, -0.25) is 0 Å². The molecule has 0 aromatic heterocycles. The van der Waals surface area contributed by atoms with Crippen molar-refractivity contribution in [2.45, 2.75) is 47.4 Å². The van der Waals surface area contributed by atoms with E-state index in [1.54, 1.807) is 0 Å². The lowest BCUT2D eigenvalue weighted by molar-refractivity contribution is 0.0870. The van der Waals surface area contributed by atoms with Gasteiger partial charge < -0.3 is 10.6 Å². The van der Waals surface area contributed by atoms with Gasteiger partial charge in [-0.15, -0.1) is 0 Å². The van der Waals surface area contributed by atoms with Crippen LogP contribution in [-0.4, -0.2) is 32.7 Å². The van der Waals surface area contributed by atoms with E-state index in [-0.39, 0.29) is 6.03 Å². The Morgan fingerprint density at radius 2 is 1.50 bits per heavy atom. The van der Waals surface area contributed by atoms with Crippen molar-refractivity contribution in [2.75, 3.05) is 0 Å². The molecular weight excluding hydrogens is 312 g/mol. The number of halogens is 2. The lowest BCUT2D eigenvalue weighted by atomic mass is 9.84. The molecule has 2 rings (SSSR count). The highest BCUT2D eigenvalue weighted by atomic mass is 79.9. The van der Waals surface area contributed by atoms with E-state index in [4.69, 9.17) is 5.73 Å². The third kappa shape index (κ3) is 1.69. The van der Waals surface area contributed by atoms with Gasteiger partial charge in [0.05, 0.1) is 0 Å². The summed E-state index contributed by atoms with van der Waals surface area (Å²) in [6, 6.07) is 0.341. The molecule has 14 heavy (non-hydrogen) atoms. The lowest BCUT2D eigenvalue weighted by Crippen LogP contribution is -2.61. The fourth-order valence-electron chi connectivity index (χ4n) is 2.61. The number of rotatable bonds is 0. The molecule has 4 atom stereocenters. The van der Waals surface area contributed by atoms with E-state index in [9.17, 15) is 4.79 Å². The summed E-state index contributed by atoms with van der Waals surface area (Å²) < 4.78 is 0. The van der Waals surface area contributed by atoms with E-state index in [0.29, 0.717) is 21.7 Å². The number of fused-ring (bicyclic) bond motifs is 2. The summed E-state index contributed by atoms with van der Waals surface area (Å²) in [5.41, 5.74) is 5.43. The maximum atomic E-state index is 11.4. The number of carbonyl (C=O) groups excluding carboxylic acids is 1. The van der Waals surface area contributed by atoms with Crippen molar-refractivity contribution >= 4 is 37.9 Å². The second-order valence-corrected chi connectivity index (χ2v) is 6.42. The summed E-state index contributed by atoms with van der Waals surface area (Å²) in [4.78, 5) is 14.1. The molecule has 0 saturated carbocycles. The molecule has 2 fully saturated rings. The zero-order valence-electron chi connectivity index (χ0n) is 7.83. The van der Waals surface area contributed by atoms with Crippen LogP contribution in [0.2, 0.25) is 0 Å². The molecule has 2 bridgehead atoms. The molecule has 2 N–H and O–H groups in total. The predicted octanol–water partition coefficient (Wildman–Crippen LogP) is 2.22. The predicted molar refractivity (Wildman–Crippen MR) is 62.9 cm³/mol. The molecule has 2 amide bonds. The van der Waals surface area contributed by atoms with Crippen LogP contribution in [0.5, 0.6) is 0 Å². The number of piperidine rings is 2. The fourth-order valence-corrected chi connectivity index (χ4v) is 4.17. The van der Waals surface area contributed by atoms with Gasteiger partial charge in [0, 0.05) is 21.7 Å². The molecule has 2 aliphatic heterocycles. The van der Waals surface area contributed by atoms with Gasteiger partial charge in [-0.2, -0.15) is 0 Å². The first-order valence-corrected chi connectivity index (χ1v) is 6.80. The SMILES string of the molecule is NC(=O)N1C2CC[C@H](Br)C1CC[C@H]2Br. The highest BCUT2D eigenvalue weighted by Gasteiger charge is 2.44. The highest BCUT2D eigenvalue weighted by Crippen LogP contribution is 2.39. The molecule has 2 unspecified atom stereocenters. The van der Waals surface area contributed by atoms with Crippen molar-refractivity contribution < 1.29 is 4.79 Å². The Morgan fingerprint density at radius 1 is 1.07 bits per heavy atom. The zero-order valence-corrected chi connectivity index (χ0v) is 11.0. The summed E-state index contributed by atoms with van der Waals surface area (Å²) in [6.07, 6.45) is 4.37. The molecule has 0 radical (unpaired) electrons. The smallest absolute Gasteiger partial charge is 0.315 e. The summed E-state index contributed by atoms with van der Waals surface area (Å²) >= 11 is 7.28. The normalized spacial score (nSPS) is 42.3. The third-order valence-electron chi connectivity index (χ3n) is 3.28. The minimum absolute atomic E-state index is 0.270. The van der Waals surface area contributed by atoms with E-state index < -0.39 is 0 Å². The Hall–Kier alpha value is 0.230. The minimum Gasteiger partial charge on any atom is -0.351 e. The third-order valence-corrected chi connectivity index (χ3v) is 5.42. The number of primary amides is 1. The van der Waals surface area contributed by atoms with Crippen LogP contribution < -0.4 is 5.73 Å². The molecule has 80 valence electrons. The zero-order chi connectivity index (χ0) is 10.3. The Bertz CT molecular complexity index is 231. The number of alkyl halides is 2. The van der Waals surface area contributed by atoms with Crippen LogP contribution in [0.25, 0.3) is 0 Å². The number of hydrogen-bond donors (Lipinski definition) is 1. The first-order chi connectivity index (χ1) is 6.61. The number of carbonyl (C=O) groups is 1. The Morgan fingerprint density at radius 3 is 1.86 bits per heavy atom. The van der Waals surface area contributed by atoms with Crippen LogP contribution in [-0.2, 0) is 0 Å². The second kappa shape index (κ2) is 4.00. The average Bonchev–Trinajstić information content (AvgIpc) is 2.14. The first kappa shape index (κ1) is 10.7. The first-order valence-electron chi connectivity index (χ1n) is 4.97. The average molecular weight is 326 g/mol. The maximum absolute atomic E-state index is 11.4. The second-order valence-electron chi connectivity index (χ2n) is 4.07. The number of nitrogens with zero attached hydrogens (tertiary/aromatic N) is 1. The number of hydrogen-bond acceptors (Lipinski definition) is 1. The van der Waals surface area contributed by atoms with Crippen molar-refractivity contribution in [1.29, 1.82) is 0 Å². The fraction of sp³-hybridized carbons (Fsp3) is 0.889. The van der Waals surface area contributed by atoms with Crippen molar-refractivity contribution in [3.63, 3.8) is 0 Å². The van der Waals surface area contributed by atoms with Crippen LogP contribution in [0.4, 0.5) is 4.79 Å². The summed E-state index contributed by atoms with van der Waals surface area (Å²) in [7, 11) is 0. The van der Waals surface area contributed by atoms with Gasteiger partial charge in [0.15, 0.2) is 0 Å². The van der Waals surface area contributed by atoms with Gasteiger partial charge in [0.25, 0.3) is 0 Å². The molecule has 2 saturated heterocycles. The standard InChI is InChI=1S/C9H14Br2N2O/c10-5-1-3-7-6(11)2-4-8(5)13(7)9(12)14/h5-8H,1-4H2,(H2,12,14)/t5-,6+,7?,8?. The quantitative estimate of drug-likeness (QED) is 0.682. The van der Waals surface area contributed by atoms with Gasteiger partial charge in [-0.25, -0.2) is 4.79 Å². The summed E-state index contributed by atoms with van der Waals surface area (Å²) in [5, 5.41) is 0. The molecule has 2 aliphatic rings. The van der Waals surface area contributed by atoms with E-state index in [0.717, 1.165) is 25.7 Å². The Balaban J connectivity index is 2.22. The summed E-state index contributed by atoms with van der Waals surface area (Å²) in [6.45, 7) is 0. The van der Waals surface area contributed by atoms with E-state index in [2.05, 4.69) is 31.9 Å². The monoisotopic (exact) mass is 324 g/mol. The van der Waals surface area contributed by atoms with Crippen molar-refractivity contribution in [1.82, 2.24) is 4.90 Å². The van der Waals surface area contributed by atoms with Gasteiger partial charge >= 0.3 is 6.03 Å². The van der Waals surface area contributed by atoms with Gasteiger partial charge in [0.1, 0.15) is 0 Å². The van der Waals surface area contributed by atoms with E-state index in [1.807, 2.05) is 4.90 Å². The van der Waals surface area contributed by atoms with Gasteiger partial charge in [-0.1, -0.05) is 31.9 Å². The molecule has 3 nitrogen and oxygen atoms in total. The van der Waals surface area contributed by atoms with Crippen LogP contribution in [0.3, 0.4) is 0 Å². The molecule has 5 heteroatoms. The number of amides is 2. The van der Waals surface area contributed by atoms with Crippen LogP contribution in [0.15, 0.2) is 0 Å². The number of urea groups is 1. The Kier molecular flexibility index (Phi) is 3.07. The van der Waals surface area contributed by atoms with Crippen LogP contribution in [0, 0.1) is 0 Å². The molecule has 0 aliphatic carbocycles. The highest BCUT2D eigenvalue weighted by molar-refractivity contribution is 9.09. The maximum Gasteiger partial charge on any atom is 0.315 e. The van der Waals surface area contributed by atoms with Crippen LogP contribution >= 0.6 is 31.9 Å². The topological polar surface area (TPSA) is 46.3 Å². The Labute approximate surface area is 101 Å². The molecule has 0 aromatic rings. The molecule has 0 spiro atoms. The largest absolute Gasteiger partial charge is 0.351 e. The minimum atomic E-state index is -0.270. The van der Waals surface area contributed by atoms with Gasteiger partial charge in [0.2, 0.25) is 0 Å². The lowest BCUT2D eigenvalue weighted by Gasteiger charge is -2.49. The van der Waals surface area contributed by atoms with Crippen LogP contribution in [0.1, 0.15) is 25.7 Å². The summed E-state index contributed by atoms with van der Waals surface area (Å²) in [5.74, 6) is 0. The van der Waals surface area contributed by atoms with E-state index >= 15 is 0 Å². The molecule has 0 aromatic carbocycles. The van der Waals surface area contributed by atoms with Crippen molar-refractivity contribution in [3.05, 3.63) is 0 Å². The van der Waals surface area contributed by atoms with Crippen molar-refractivity contribution in [2.24, 2.45) is 5.73 Å².